The maximum Gasteiger partial charge on any atom is 0.153 e. The van der Waals surface area contributed by atoms with Crippen LogP contribution in [0.15, 0.2) is 27.5 Å². The van der Waals surface area contributed by atoms with E-state index in [1.807, 2.05) is 0 Å². The van der Waals surface area contributed by atoms with Crippen LogP contribution in [0.5, 0.6) is 0 Å². The number of anilines is 2. The standard InChI is InChI=1S/C9H7Br2N5/c10-4-1-5(12)7(14-2-4)8-9(13)16-6(11)3-15-8/h1-3H,12H2,(H2,13,16). The Labute approximate surface area is 109 Å². The summed E-state index contributed by atoms with van der Waals surface area (Å²) >= 11 is 6.47. The van der Waals surface area contributed by atoms with Crippen molar-refractivity contribution in [1.29, 1.82) is 0 Å². The Bertz CT molecular complexity index is 494. The van der Waals surface area contributed by atoms with Crippen LogP contribution in [0.4, 0.5) is 11.5 Å². The van der Waals surface area contributed by atoms with E-state index in [-0.39, 0.29) is 5.82 Å². The number of pyridine rings is 1. The van der Waals surface area contributed by atoms with Gasteiger partial charge in [-0.25, -0.2) is 9.97 Å². The highest BCUT2D eigenvalue weighted by Crippen LogP contribution is 2.27. The average Bonchev–Trinajstić information content (AvgIpc) is 2.19. The maximum absolute atomic E-state index is 5.83. The van der Waals surface area contributed by atoms with E-state index in [2.05, 4.69) is 46.8 Å². The first-order valence-electron chi connectivity index (χ1n) is 4.27. The van der Waals surface area contributed by atoms with Crippen LogP contribution in [0.3, 0.4) is 0 Å². The van der Waals surface area contributed by atoms with Gasteiger partial charge in [-0.2, -0.15) is 0 Å². The minimum Gasteiger partial charge on any atom is -0.397 e. The minimum absolute atomic E-state index is 0.288. The Morgan fingerprint density at radius 2 is 1.69 bits per heavy atom. The molecule has 82 valence electrons. The normalized spacial score (nSPS) is 10.4. The van der Waals surface area contributed by atoms with Crippen LogP contribution in [0, 0.1) is 0 Å². The molecule has 0 aliphatic rings. The van der Waals surface area contributed by atoms with Crippen molar-refractivity contribution in [3.05, 3.63) is 27.5 Å². The number of hydrogen-bond donors (Lipinski definition) is 2. The molecule has 0 unspecified atom stereocenters. The Morgan fingerprint density at radius 3 is 2.31 bits per heavy atom. The van der Waals surface area contributed by atoms with Crippen LogP contribution < -0.4 is 11.5 Å². The average molecular weight is 345 g/mol. The first-order valence-corrected chi connectivity index (χ1v) is 5.86. The van der Waals surface area contributed by atoms with Crippen molar-refractivity contribution in [1.82, 2.24) is 15.0 Å². The van der Waals surface area contributed by atoms with Crippen molar-refractivity contribution in [2.24, 2.45) is 0 Å². The summed E-state index contributed by atoms with van der Waals surface area (Å²) in [6, 6.07) is 1.74. The number of hydrogen-bond acceptors (Lipinski definition) is 5. The van der Waals surface area contributed by atoms with E-state index >= 15 is 0 Å². The SMILES string of the molecule is Nc1cc(Br)cnc1-c1ncc(Br)nc1N. The highest BCUT2D eigenvalue weighted by atomic mass is 79.9. The van der Waals surface area contributed by atoms with Gasteiger partial charge in [-0.15, -0.1) is 0 Å². The molecule has 2 heterocycles. The number of nitrogens with zero attached hydrogens (tertiary/aromatic N) is 3. The molecule has 0 saturated carbocycles. The number of aromatic nitrogens is 3. The monoisotopic (exact) mass is 343 g/mol. The Hall–Kier alpha value is -1.21. The second-order valence-corrected chi connectivity index (χ2v) is 4.75. The summed E-state index contributed by atoms with van der Waals surface area (Å²) in [6.45, 7) is 0. The van der Waals surface area contributed by atoms with Crippen LogP contribution in [-0.4, -0.2) is 15.0 Å². The van der Waals surface area contributed by atoms with E-state index in [4.69, 9.17) is 11.5 Å². The lowest BCUT2D eigenvalue weighted by Crippen LogP contribution is -2.01. The molecular formula is C9H7Br2N5. The molecule has 0 saturated heterocycles. The Morgan fingerprint density at radius 1 is 1.00 bits per heavy atom. The highest BCUT2D eigenvalue weighted by molar-refractivity contribution is 9.10. The zero-order chi connectivity index (χ0) is 11.7. The van der Waals surface area contributed by atoms with Crippen LogP contribution in [-0.2, 0) is 0 Å². The summed E-state index contributed by atoms with van der Waals surface area (Å²) in [7, 11) is 0. The van der Waals surface area contributed by atoms with Crippen molar-refractivity contribution < 1.29 is 0 Å². The van der Waals surface area contributed by atoms with Gasteiger partial charge in [0, 0.05) is 10.7 Å². The number of halogens is 2. The minimum atomic E-state index is 0.288. The van der Waals surface area contributed by atoms with Gasteiger partial charge < -0.3 is 11.5 Å². The molecule has 0 aliphatic carbocycles. The third-order valence-electron chi connectivity index (χ3n) is 1.88. The third-order valence-corrected chi connectivity index (χ3v) is 2.69. The van der Waals surface area contributed by atoms with Crippen molar-refractivity contribution in [3.8, 4) is 11.4 Å². The summed E-state index contributed by atoms with van der Waals surface area (Å²) in [5, 5.41) is 0. The predicted octanol–water partition coefficient (Wildman–Crippen LogP) is 2.23. The molecule has 2 aromatic rings. The van der Waals surface area contributed by atoms with E-state index in [0.29, 0.717) is 21.7 Å². The summed E-state index contributed by atoms with van der Waals surface area (Å²) in [4.78, 5) is 12.4. The lowest BCUT2D eigenvalue weighted by Gasteiger charge is -2.06. The molecule has 5 nitrogen and oxygen atoms in total. The van der Waals surface area contributed by atoms with Crippen LogP contribution in [0.2, 0.25) is 0 Å². The zero-order valence-corrected chi connectivity index (χ0v) is 11.2. The molecule has 0 spiro atoms. The van der Waals surface area contributed by atoms with Gasteiger partial charge in [0.1, 0.15) is 16.0 Å². The highest BCUT2D eigenvalue weighted by Gasteiger charge is 2.11. The molecule has 0 amide bonds. The first kappa shape index (κ1) is 11.3. The molecule has 0 atom stereocenters. The van der Waals surface area contributed by atoms with Crippen molar-refractivity contribution in [2.45, 2.75) is 0 Å². The number of rotatable bonds is 1. The molecule has 2 rings (SSSR count). The predicted molar refractivity (Wildman–Crippen MR) is 69.5 cm³/mol. The molecule has 0 aliphatic heterocycles. The molecule has 0 aromatic carbocycles. The van der Waals surface area contributed by atoms with Gasteiger partial charge in [0.2, 0.25) is 0 Å². The van der Waals surface area contributed by atoms with Crippen molar-refractivity contribution in [2.75, 3.05) is 11.5 Å². The van der Waals surface area contributed by atoms with Gasteiger partial charge in [0.05, 0.1) is 11.9 Å². The second kappa shape index (κ2) is 4.34. The van der Waals surface area contributed by atoms with Gasteiger partial charge in [-0.05, 0) is 37.9 Å². The van der Waals surface area contributed by atoms with E-state index in [1.165, 1.54) is 0 Å². The maximum atomic E-state index is 5.83. The molecule has 0 fully saturated rings. The lowest BCUT2D eigenvalue weighted by atomic mass is 10.2. The largest absolute Gasteiger partial charge is 0.397 e. The molecule has 2 aromatic heterocycles. The van der Waals surface area contributed by atoms with Crippen molar-refractivity contribution >= 4 is 43.4 Å². The van der Waals surface area contributed by atoms with Gasteiger partial charge >= 0.3 is 0 Å². The quantitative estimate of drug-likeness (QED) is 0.827. The zero-order valence-electron chi connectivity index (χ0n) is 7.98. The van der Waals surface area contributed by atoms with Gasteiger partial charge in [-0.1, -0.05) is 0 Å². The van der Waals surface area contributed by atoms with Crippen LogP contribution in [0.25, 0.3) is 11.4 Å². The lowest BCUT2D eigenvalue weighted by molar-refractivity contribution is 1.16. The van der Waals surface area contributed by atoms with Gasteiger partial charge in [0.25, 0.3) is 0 Å². The molecular weight excluding hydrogens is 338 g/mol. The second-order valence-electron chi connectivity index (χ2n) is 3.02. The van der Waals surface area contributed by atoms with Gasteiger partial charge in [-0.3, -0.25) is 4.98 Å². The van der Waals surface area contributed by atoms with E-state index in [1.54, 1.807) is 18.5 Å². The molecule has 16 heavy (non-hydrogen) atoms. The fraction of sp³-hybridized carbons (Fsp3) is 0. The topological polar surface area (TPSA) is 90.7 Å². The Balaban J connectivity index is 2.59. The fourth-order valence-electron chi connectivity index (χ4n) is 1.22. The fourth-order valence-corrected chi connectivity index (χ4v) is 1.86. The number of nitrogens with two attached hydrogens (primary N) is 2. The summed E-state index contributed by atoms with van der Waals surface area (Å²) in [6.07, 6.45) is 3.18. The molecule has 4 N–H and O–H groups in total. The third kappa shape index (κ3) is 2.14. The van der Waals surface area contributed by atoms with E-state index < -0.39 is 0 Å². The van der Waals surface area contributed by atoms with Crippen LogP contribution >= 0.6 is 31.9 Å². The summed E-state index contributed by atoms with van der Waals surface area (Å²) in [5.41, 5.74) is 13.1. The summed E-state index contributed by atoms with van der Waals surface area (Å²) < 4.78 is 1.38. The first-order chi connectivity index (χ1) is 7.58. The molecule has 0 radical (unpaired) electrons. The molecule has 7 heteroatoms. The van der Waals surface area contributed by atoms with E-state index in [9.17, 15) is 0 Å². The van der Waals surface area contributed by atoms with Crippen molar-refractivity contribution in [3.63, 3.8) is 0 Å². The Kier molecular flexibility index (Phi) is 3.06. The van der Waals surface area contributed by atoms with Crippen LogP contribution in [0.1, 0.15) is 0 Å². The number of nitrogen functional groups attached to an aromatic ring is 2. The van der Waals surface area contributed by atoms with Gasteiger partial charge in [0.15, 0.2) is 5.82 Å². The summed E-state index contributed by atoms with van der Waals surface area (Å²) in [5.74, 6) is 0.288. The van der Waals surface area contributed by atoms with E-state index in [0.717, 1.165) is 4.47 Å². The molecule has 0 bridgehead atoms. The smallest absolute Gasteiger partial charge is 0.153 e.